The van der Waals surface area contributed by atoms with E-state index in [1.54, 1.807) is 24.3 Å². The number of hydrogen-bond donors (Lipinski definition) is 2. The fourth-order valence-electron chi connectivity index (χ4n) is 3.48. The van der Waals surface area contributed by atoms with Crippen LogP contribution in [0.25, 0.3) is 11.1 Å². The number of carbonyl (C=O) groups excluding carboxylic acids is 2. The molecule has 0 amide bonds. The van der Waals surface area contributed by atoms with Crippen LogP contribution in [0.4, 0.5) is 0 Å². The van der Waals surface area contributed by atoms with Gasteiger partial charge in [0.05, 0.1) is 5.92 Å². The van der Waals surface area contributed by atoms with Crippen molar-refractivity contribution < 1.29 is 19.8 Å². The zero-order chi connectivity index (χ0) is 22.7. The molecule has 30 heavy (non-hydrogen) atoms. The zero-order valence-electron chi connectivity index (χ0n) is 18.1. The molecule has 0 heterocycles. The molecule has 0 aromatic heterocycles. The maximum Gasteiger partial charge on any atom is 0.175 e. The molecule has 4 nitrogen and oxygen atoms in total. The monoisotopic (exact) mass is 406 g/mol. The lowest BCUT2D eigenvalue weighted by Gasteiger charge is -2.33. The molecule has 4 heteroatoms. The Labute approximate surface area is 178 Å². The Kier molecular flexibility index (Phi) is 6.96. The highest BCUT2D eigenvalue weighted by Gasteiger charge is 2.45. The fourth-order valence-corrected chi connectivity index (χ4v) is 3.48. The second-order valence-electron chi connectivity index (χ2n) is 8.47. The third kappa shape index (κ3) is 5.21. The predicted octanol–water partition coefficient (Wildman–Crippen LogP) is 4.35. The van der Waals surface area contributed by atoms with Gasteiger partial charge in [-0.25, -0.2) is 0 Å². The van der Waals surface area contributed by atoms with Crippen molar-refractivity contribution in [1.29, 1.82) is 0 Å². The molecule has 3 atom stereocenters. The van der Waals surface area contributed by atoms with Gasteiger partial charge in [0.15, 0.2) is 12.1 Å². The largest absolute Gasteiger partial charge is 0.382 e. The Morgan fingerprint density at radius 3 is 1.77 bits per heavy atom. The lowest BCUT2D eigenvalue weighted by atomic mass is 9.74. The number of allylic oxidation sites excluding steroid dienone is 2. The second-order valence-corrected chi connectivity index (χ2v) is 8.47. The van der Waals surface area contributed by atoms with E-state index < -0.39 is 22.9 Å². The normalized spacial score (nSPS) is 16.1. The predicted molar refractivity (Wildman–Crippen MR) is 121 cm³/mol. The van der Waals surface area contributed by atoms with Gasteiger partial charge < -0.3 is 15.0 Å². The van der Waals surface area contributed by atoms with Crippen LogP contribution in [0.15, 0.2) is 61.7 Å². The van der Waals surface area contributed by atoms with Crippen LogP contribution in [0.3, 0.4) is 0 Å². The topological polar surface area (TPSA) is 74.6 Å². The average Bonchev–Trinajstić information content (AvgIpc) is 2.68. The summed E-state index contributed by atoms with van der Waals surface area (Å²) in [6.07, 6.45) is 0.400. The van der Waals surface area contributed by atoms with Gasteiger partial charge in [0.1, 0.15) is 11.2 Å². The minimum Gasteiger partial charge on any atom is -0.382 e. The number of hydrogen-bond acceptors (Lipinski definition) is 4. The maximum absolute atomic E-state index is 13.4. The van der Waals surface area contributed by atoms with Crippen LogP contribution in [0, 0.1) is 0 Å². The van der Waals surface area contributed by atoms with Gasteiger partial charge in [-0.2, -0.15) is 0 Å². The van der Waals surface area contributed by atoms with Crippen LogP contribution in [0.5, 0.6) is 0 Å². The summed E-state index contributed by atoms with van der Waals surface area (Å²) in [5.41, 5.74) is 1.12. The first-order valence-corrected chi connectivity index (χ1v) is 9.85. The molecular formula is C26H30O4. The summed E-state index contributed by atoms with van der Waals surface area (Å²) in [6.45, 7) is 14.2. The van der Waals surface area contributed by atoms with E-state index in [9.17, 15) is 19.8 Å². The van der Waals surface area contributed by atoms with Gasteiger partial charge >= 0.3 is 0 Å². The Balaban J connectivity index is 2.39. The van der Waals surface area contributed by atoms with Gasteiger partial charge in [-0.15, -0.1) is 0 Å². The molecule has 2 rings (SSSR count). The van der Waals surface area contributed by atoms with Crippen molar-refractivity contribution in [3.63, 3.8) is 0 Å². The van der Waals surface area contributed by atoms with Gasteiger partial charge in [0.2, 0.25) is 0 Å². The second kappa shape index (κ2) is 8.90. The third-order valence-corrected chi connectivity index (χ3v) is 5.35. The summed E-state index contributed by atoms with van der Waals surface area (Å²) >= 11 is 0. The summed E-state index contributed by atoms with van der Waals surface area (Å²) in [7, 11) is 0. The zero-order valence-corrected chi connectivity index (χ0v) is 18.1. The fraction of sp³-hybridized carbons (Fsp3) is 0.308. The molecule has 0 aliphatic heterocycles. The van der Waals surface area contributed by atoms with Gasteiger partial charge in [-0.05, 0) is 49.9 Å². The van der Waals surface area contributed by atoms with Gasteiger partial charge in [-0.1, -0.05) is 72.8 Å². The summed E-state index contributed by atoms with van der Waals surface area (Å²) in [4.78, 5) is 25.0. The van der Waals surface area contributed by atoms with Crippen molar-refractivity contribution in [3.8, 4) is 0 Å². The Hall–Kier alpha value is -2.82. The quantitative estimate of drug-likeness (QED) is 0.607. The van der Waals surface area contributed by atoms with E-state index in [4.69, 9.17) is 0 Å². The van der Waals surface area contributed by atoms with Crippen molar-refractivity contribution in [2.75, 3.05) is 0 Å². The molecule has 0 spiro atoms. The Morgan fingerprint density at radius 1 is 0.933 bits per heavy atom. The minimum absolute atomic E-state index is 0.0532. The van der Waals surface area contributed by atoms with Crippen molar-refractivity contribution in [1.82, 2.24) is 0 Å². The van der Waals surface area contributed by atoms with E-state index in [0.717, 1.165) is 27.8 Å². The SMILES string of the molecule is C=C(C)c1ccc(CC(C)(O)C(=O)C(c2ccc(C(=C)C)cc2)C(C)(O)C=O)cc1. The molecule has 0 fully saturated rings. The van der Waals surface area contributed by atoms with E-state index in [1.165, 1.54) is 13.8 Å². The molecule has 3 unspecified atom stereocenters. The molecule has 0 saturated heterocycles. The highest BCUT2D eigenvalue weighted by atomic mass is 16.3. The van der Waals surface area contributed by atoms with E-state index in [-0.39, 0.29) is 6.42 Å². The van der Waals surface area contributed by atoms with Gasteiger partial charge in [0, 0.05) is 6.42 Å². The standard InChI is InChI=1S/C26H30O4/c1-17(2)20-9-7-19(8-10-20)15-25(5,29)24(28)23(26(6,30)16-27)22-13-11-21(12-14-22)18(3)4/h7-14,16,23,29-30H,1,3,15H2,2,4-6H3. The van der Waals surface area contributed by atoms with Gasteiger partial charge in [0.25, 0.3) is 0 Å². The molecule has 0 saturated carbocycles. The molecule has 2 aromatic rings. The summed E-state index contributed by atoms with van der Waals surface area (Å²) in [6, 6.07) is 14.4. The summed E-state index contributed by atoms with van der Waals surface area (Å²) < 4.78 is 0. The number of carbonyl (C=O) groups is 2. The van der Waals surface area contributed by atoms with E-state index in [1.807, 2.05) is 38.1 Å². The molecule has 0 bridgehead atoms. The first-order chi connectivity index (χ1) is 13.9. The number of aliphatic hydroxyl groups is 2. The van der Waals surface area contributed by atoms with Crippen molar-refractivity contribution in [2.45, 2.75) is 51.2 Å². The van der Waals surface area contributed by atoms with Crippen molar-refractivity contribution in [3.05, 3.63) is 83.9 Å². The van der Waals surface area contributed by atoms with Crippen molar-refractivity contribution >= 4 is 23.2 Å². The molecule has 2 N–H and O–H groups in total. The molecule has 2 aromatic carbocycles. The lowest BCUT2D eigenvalue weighted by Crippen LogP contribution is -2.49. The molecule has 0 aliphatic carbocycles. The summed E-state index contributed by atoms with van der Waals surface area (Å²) in [5.74, 6) is -1.83. The van der Waals surface area contributed by atoms with Crippen LogP contribution < -0.4 is 0 Å². The van der Waals surface area contributed by atoms with Crippen LogP contribution in [-0.4, -0.2) is 33.5 Å². The highest BCUT2D eigenvalue weighted by molar-refractivity contribution is 5.97. The Bertz CT molecular complexity index is 948. The minimum atomic E-state index is -1.96. The molecule has 0 aliphatic rings. The number of Topliss-reactive ketones (excluding diaryl/α,β-unsaturated/α-hetero) is 1. The third-order valence-electron chi connectivity index (χ3n) is 5.35. The number of benzene rings is 2. The number of aldehydes is 1. The highest BCUT2D eigenvalue weighted by Crippen LogP contribution is 2.34. The number of ketones is 1. The molecular weight excluding hydrogens is 376 g/mol. The Morgan fingerprint density at radius 2 is 1.37 bits per heavy atom. The van der Waals surface area contributed by atoms with E-state index >= 15 is 0 Å². The average molecular weight is 407 g/mol. The van der Waals surface area contributed by atoms with Gasteiger partial charge in [-0.3, -0.25) is 4.79 Å². The van der Waals surface area contributed by atoms with E-state index in [0.29, 0.717) is 11.8 Å². The molecule has 0 radical (unpaired) electrons. The van der Waals surface area contributed by atoms with E-state index in [2.05, 4.69) is 13.2 Å². The van der Waals surface area contributed by atoms with Crippen LogP contribution in [0.2, 0.25) is 0 Å². The smallest absolute Gasteiger partial charge is 0.175 e. The first kappa shape index (κ1) is 23.5. The van der Waals surface area contributed by atoms with Crippen molar-refractivity contribution in [2.24, 2.45) is 0 Å². The maximum atomic E-state index is 13.4. The lowest BCUT2D eigenvalue weighted by molar-refractivity contribution is -0.146. The summed E-state index contributed by atoms with van der Waals surface area (Å²) in [5, 5.41) is 21.7. The van der Waals surface area contributed by atoms with Crippen LogP contribution in [-0.2, 0) is 16.0 Å². The van der Waals surface area contributed by atoms with Crippen LogP contribution >= 0.6 is 0 Å². The van der Waals surface area contributed by atoms with Crippen LogP contribution in [0.1, 0.15) is 55.9 Å². The first-order valence-electron chi connectivity index (χ1n) is 9.85. The molecule has 158 valence electrons. The number of rotatable bonds is 9.